The van der Waals surface area contributed by atoms with Crippen molar-refractivity contribution in [3.8, 4) is 11.3 Å². The van der Waals surface area contributed by atoms with E-state index in [0.29, 0.717) is 26.4 Å². The molecule has 4 nitrogen and oxygen atoms in total. The summed E-state index contributed by atoms with van der Waals surface area (Å²) in [6.07, 6.45) is 4.88. The summed E-state index contributed by atoms with van der Waals surface area (Å²) in [6.45, 7) is 0. The SMILES string of the molecule is O=C1/C(=C/c2ccc(-c3ccc(F)cc3)o2)SC(=S)N1c1cccnc1. The number of thiocarbonyl (C=S) groups is 1. The standard InChI is InChI=1S/C19H11FN2O2S2/c20-13-5-3-12(4-6-13)16-8-7-15(24-16)10-17-18(23)22(19(25)26-17)14-2-1-9-21-11-14/h1-11H/b17-10-. The lowest BCUT2D eigenvalue weighted by atomic mass is 10.2. The molecule has 0 unspecified atom stereocenters. The van der Waals surface area contributed by atoms with Crippen molar-refractivity contribution in [3.63, 3.8) is 0 Å². The fourth-order valence-electron chi connectivity index (χ4n) is 2.51. The van der Waals surface area contributed by atoms with Gasteiger partial charge in [0.25, 0.3) is 5.91 Å². The molecular weight excluding hydrogens is 371 g/mol. The number of carbonyl (C=O) groups excluding carboxylic acids is 1. The highest BCUT2D eigenvalue weighted by atomic mass is 32.2. The predicted molar refractivity (Wildman–Crippen MR) is 104 cm³/mol. The van der Waals surface area contributed by atoms with Gasteiger partial charge in [0, 0.05) is 17.8 Å². The number of carbonyl (C=O) groups is 1. The molecule has 4 rings (SSSR count). The number of hydrogen-bond donors (Lipinski definition) is 0. The molecule has 0 aliphatic carbocycles. The zero-order chi connectivity index (χ0) is 18.1. The van der Waals surface area contributed by atoms with Crippen LogP contribution in [0.1, 0.15) is 5.76 Å². The number of thioether (sulfide) groups is 1. The van der Waals surface area contributed by atoms with Gasteiger partial charge in [-0.3, -0.25) is 14.7 Å². The van der Waals surface area contributed by atoms with Crippen molar-refractivity contribution < 1.29 is 13.6 Å². The van der Waals surface area contributed by atoms with E-state index in [1.807, 2.05) is 0 Å². The zero-order valence-electron chi connectivity index (χ0n) is 13.3. The van der Waals surface area contributed by atoms with Gasteiger partial charge in [-0.2, -0.15) is 0 Å². The molecule has 1 fully saturated rings. The Labute approximate surface area is 158 Å². The van der Waals surface area contributed by atoms with Crippen LogP contribution in [-0.4, -0.2) is 15.2 Å². The molecule has 3 heterocycles. The van der Waals surface area contributed by atoms with Crippen LogP contribution in [0.5, 0.6) is 0 Å². The Morgan fingerprint density at radius 1 is 1.15 bits per heavy atom. The van der Waals surface area contributed by atoms with E-state index in [0.717, 1.165) is 5.56 Å². The van der Waals surface area contributed by atoms with Crippen LogP contribution in [0.4, 0.5) is 10.1 Å². The molecule has 26 heavy (non-hydrogen) atoms. The van der Waals surface area contributed by atoms with Crippen LogP contribution in [0, 0.1) is 5.82 Å². The van der Waals surface area contributed by atoms with Crippen LogP contribution in [-0.2, 0) is 4.79 Å². The Bertz CT molecular complexity index is 1010. The molecule has 2 aromatic heterocycles. The second-order valence-corrected chi connectivity index (χ2v) is 7.11. The molecule has 1 saturated heterocycles. The first-order valence-electron chi connectivity index (χ1n) is 7.65. The van der Waals surface area contributed by atoms with Crippen LogP contribution < -0.4 is 4.90 Å². The van der Waals surface area contributed by atoms with Crippen molar-refractivity contribution in [1.82, 2.24) is 4.98 Å². The fraction of sp³-hybridized carbons (Fsp3) is 0. The molecule has 128 valence electrons. The van der Waals surface area contributed by atoms with Gasteiger partial charge in [-0.1, -0.05) is 24.0 Å². The second-order valence-electron chi connectivity index (χ2n) is 5.44. The van der Waals surface area contributed by atoms with E-state index in [-0.39, 0.29) is 11.7 Å². The van der Waals surface area contributed by atoms with E-state index in [4.69, 9.17) is 16.6 Å². The number of rotatable bonds is 3. The van der Waals surface area contributed by atoms with Crippen LogP contribution in [0.3, 0.4) is 0 Å². The minimum Gasteiger partial charge on any atom is -0.457 e. The average molecular weight is 382 g/mol. The molecule has 0 saturated carbocycles. The first kappa shape index (κ1) is 16.7. The Hall–Kier alpha value is -2.77. The topological polar surface area (TPSA) is 46.3 Å². The van der Waals surface area contributed by atoms with Crippen LogP contribution in [0.2, 0.25) is 0 Å². The van der Waals surface area contributed by atoms with Crippen molar-refractivity contribution in [2.45, 2.75) is 0 Å². The number of aromatic nitrogens is 1. The summed E-state index contributed by atoms with van der Waals surface area (Å²) in [5, 5.41) is 0. The number of halogens is 1. The summed E-state index contributed by atoms with van der Waals surface area (Å²) in [4.78, 5) is 18.6. The molecule has 0 radical (unpaired) electrons. The maximum atomic E-state index is 13.0. The van der Waals surface area contributed by atoms with Crippen molar-refractivity contribution in [2.24, 2.45) is 0 Å². The number of pyridine rings is 1. The Morgan fingerprint density at radius 3 is 2.69 bits per heavy atom. The van der Waals surface area contributed by atoms with E-state index < -0.39 is 0 Å². The number of furan rings is 1. The summed E-state index contributed by atoms with van der Waals surface area (Å²) in [5.74, 6) is 0.599. The molecule has 1 aliphatic rings. The predicted octanol–water partition coefficient (Wildman–Crippen LogP) is 4.89. The molecule has 1 amide bonds. The number of hydrogen-bond acceptors (Lipinski definition) is 5. The van der Waals surface area contributed by atoms with E-state index in [1.54, 1.807) is 54.9 Å². The molecule has 0 N–H and O–H groups in total. The highest BCUT2D eigenvalue weighted by Crippen LogP contribution is 2.36. The van der Waals surface area contributed by atoms with E-state index in [9.17, 15) is 9.18 Å². The third-order valence-corrected chi connectivity index (χ3v) is 5.03. The molecule has 0 bridgehead atoms. The number of nitrogens with zero attached hydrogens (tertiary/aromatic N) is 2. The van der Waals surface area contributed by atoms with Gasteiger partial charge >= 0.3 is 0 Å². The van der Waals surface area contributed by atoms with Gasteiger partial charge in [0.2, 0.25) is 0 Å². The van der Waals surface area contributed by atoms with Gasteiger partial charge in [-0.05, 0) is 48.5 Å². The van der Waals surface area contributed by atoms with Crippen LogP contribution >= 0.6 is 24.0 Å². The van der Waals surface area contributed by atoms with Gasteiger partial charge in [0.05, 0.1) is 16.8 Å². The minimum atomic E-state index is -0.306. The van der Waals surface area contributed by atoms with Gasteiger partial charge in [-0.25, -0.2) is 4.39 Å². The average Bonchev–Trinajstić information content (AvgIpc) is 3.21. The lowest BCUT2D eigenvalue weighted by Crippen LogP contribution is -2.27. The number of benzene rings is 1. The summed E-state index contributed by atoms with van der Waals surface area (Å²) in [5.41, 5.74) is 1.39. The molecule has 3 aromatic rings. The minimum absolute atomic E-state index is 0.215. The monoisotopic (exact) mass is 382 g/mol. The van der Waals surface area contributed by atoms with Crippen LogP contribution in [0.15, 0.2) is 70.2 Å². The van der Waals surface area contributed by atoms with E-state index in [2.05, 4.69) is 4.98 Å². The Kier molecular flexibility index (Phi) is 4.40. The first-order valence-corrected chi connectivity index (χ1v) is 8.88. The molecule has 1 aliphatic heterocycles. The van der Waals surface area contributed by atoms with Crippen LogP contribution in [0.25, 0.3) is 17.4 Å². The van der Waals surface area contributed by atoms with Gasteiger partial charge in [0.15, 0.2) is 4.32 Å². The Morgan fingerprint density at radius 2 is 1.96 bits per heavy atom. The summed E-state index contributed by atoms with van der Waals surface area (Å²) >= 11 is 6.53. The molecule has 0 atom stereocenters. The summed E-state index contributed by atoms with van der Waals surface area (Å²) < 4.78 is 19.2. The van der Waals surface area contributed by atoms with E-state index in [1.165, 1.54) is 28.8 Å². The molecule has 7 heteroatoms. The highest BCUT2D eigenvalue weighted by molar-refractivity contribution is 8.27. The maximum absolute atomic E-state index is 13.0. The number of amides is 1. The summed E-state index contributed by atoms with van der Waals surface area (Å²) in [7, 11) is 0. The lowest BCUT2D eigenvalue weighted by molar-refractivity contribution is -0.113. The van der Waals surface area contributed by atoms with Gasteiger partial charge in [-0.15, -0.1) is 0 Å². The Balaban J connectivity index is 1.60. The van der Waals surface area contributed by atoms with Gasteiger partial charge in [0.1, 0.15) is 17.3 Å². The van der Waals surface area contributed by atoms with Crippen molar-refractivity contribution >= 4 is 46.0 Å². The third kappa shape index (κ3) is 3.18. The van der Waals surface area contributed by atoms with Gasteiger partial charge < -0.3 is 4.42 Å². The first-order chi connectivity index (χ1) is 12.6. The van der Waals surface area contributed by atoms with Crippen molar-refractivity contribution in [1.29, 1.82) is 0 Å². The van der Waals surface area contributed by atoms with Crippen molar-refractivity contribution in [3.05, 3.63) is 77.4 Å². The van der Waals surface area contributed by atoms with E-state index >= 15 is 0 Å². The quantitative estimate of drug-likeness (QED) is 0.477. The zero-order valence-corrected chi connectivity index (χ0v) is 14.9. The molecule has 0 spiro atoms. The van der Waals surface area contributed by atoms with Crippen molar-refractivity contribution in [2.75, 3.05) is 4.90 Å². The normalized spacial score (nSPS) is 15.9. The highest BCUT2D eigenvalue weighted by Gasteiger charge is 2.33. The summed E-state index contributed by atoms with van der Waals surface area (Å²) in [6, 6.07) is 13.1. The third-order valence-electron chi connectivity index (χ3n) is 3.73. The smallest absolute Gasteiger partial charge is 0.270 e. The second kappa shape index (κ2) is 6.86. The maximum Gasteiger partial charge on any atom is 0.270 e. The molecule has 1 aromatic carbocycles. The largest absolute Gasteiger partial charge is 0.457 e. The lowest BCUT2D eigenvalue weighted by Gasteiger charge is -2.13. The molecular formula is C19H11FN2O2S2. The fourth-order valence-corrected chi connectivity index (χ4v) is 3.78. The number of anilines is 1.